The predicted octanol–water partition coefficient (Wildman–Crippen LogP) is 2.68. The van der Waals surface area contributed by atoms with Crippen LogP contribution in [-0.4, -0.2) is 24.7 Å². The first-order chi connectivity index (χ1) is 12.0. The molecule has 2 aromatic carbocycles. The molecule has 0 saturated heterocycles. The first-order valence-corrected chi connectivity index (χ1v) is 8.57. The van der Waals surface area contributed by atoms with E-state index in [1.54, 1.807) is 0 Å². The van der Waals surface area contributed by atoms with Crippen molar-refractivity contribution in [1.29, 1.82) is 0 Å². The second kappa shape index (κ2) is 5.92. The molecule has 136 valence electrons. The summed E-state index contributed by atoms with van der Waals surface area (Å²) in [6.07, 6.45) is -4.64. The van der Waals surface area contributed by atoms with E-state index in [2.05, 4.69) is 0 Å². The van der Waals surface area contributed by atoms with E-state index in [9.17, 15) is 31.2 Å². The summed E-state index contributed by atoms with van der Waals surface area (Å²) in [7, 11) is -4.60. The van der Waals surface area contributed by atoms with Crippen molar-refractivity contribution in [3.63, 3.8) is 0 Å². The van der Waals surface area contributed by atoms with Gasteiger partial charge in [-0.1, -0.05) is 18.2 Å². The Morgan fingerprint density at radius 2 is 1.69 bits per heavy atom. The van der Waals surface area contributed by atoms with E-state index in [4.69, 9.17) is 4.55 Å². The average Bonchev–Trinajstić information content (AvgIpc) is 2.78. The van der Waals surface area contributed by atoms with Crippen LogP contribution < -0.4 is 4.90 Å². The van der Waals surface area contributed by atoms with Gasteiger partial charge in [-0.2, -0.15) is 21.6 Å². The molecule has 0 fully saturated rings. The van der Waals surface area contributed by atoms with Crippen LogP contribution in [0, 0.1) is 0 Å². The number of alkyl halides is 3. The number of fused-ring (bicyclic) bond motifs is 1. The zero-order valence-corrected chi connectivity index (χ0v) is 13.6. The minimum Gasteiger partial charge on any atom is -0.300 e. The molecule has 6 nitrogen and oxygen atoms in total. The average molecular weight is 385 g/mol. The summed E-state index contributed by atoms with van der Waals surface area (Å²) >= 11 is 0. The zero-order valence-electron chi connectivity index (χ0n) is 12.8. The third kappa shape index (κ3) is 3.08. The SMILES string of the molecule is O=C1C(=O)N(Cc2ccccc2C(F)(F)F)c2ccc(S(=O)(=O)O)cc21. The van der Waals surface area contributed by atoms with Crippen molar-refractivity contribution in [2.24, 2.45) is 0 Å². The van der Waals surface area contributed by atoms with Crippen LogP contribution in [-0.2, 0) is 27.6 Å². The van der Waals surface area contributed by atoms with Gasteiger partial charge in [-0.3, -0.25) is 14.1 Å². The highest BCUT2D eigenvalue weighted by atomic mass is 32.2. The zero-order chi connectivity index (χ0) is 19.3. The molecular weight excluding hydrogens is 375 g/mol. The summed E-state index contributed by atoms with van der Waals surface area (Å²) in [6.45, 7) is -0.515. The first kappa shape index (κ1) is 18.1. The fourth-order valence-corrected chi connectivity index (χ4v) is 3.21. The number of carbonyl (C=O) groups excluding carboxylic acids is 2. The molecule has 1 amide bonds. The molecule has 0 aliphatic carbocycles. The number of Topliss-reactive ketones (excluding diaryl/α,β-unsaturated/α-hetero) is 1. The fraction of sp³-hybridized carbons (Fsp3) is 0.125. The largest absolute Gasteiger partial charge is 0.416 e. The van der Waals surface area contributed by atoms with Crippen LogP contribution in [0.1, 0.15) is 21.5 Å². The molecule has 0 aromatic heterocycles. The van der Waals surface area contributed by atoms with Crippen molar-refractivity contribution in [3.05, 3.63) is 59.2 Å². The molecule has 0 unspecified atom stereocenters. The maximum atomic E-state index is 13.1. The lowest BCUT2D eigenvalue weighted by Gasteiger charge is -2.20. The van der Waals surface area contributed by atoms with E-state index in [0.29, 0.717) is 0 Å². The maximum Gasteiger partial charge on any atom is 0.416 e. The van der Waals surface area contributed by atoms with Crippen molar-refractivity contribution in [2.45, 2.75) is 17.6 Å². The van der Waals surface area contributed by atoms with E-state index in [-0.39, 0.29) is 16.8 Å². The van der Waals surface area contributed by atoms with Gasteiger partial charge in [0.1, 0.15) is 0 Å². The van der Waals surface area contributed by atoms with E-state index >= 15 is 0 Å². The predicted molar refractivity (Wildman–Crippen MR) is 83.2 cm³/mol. The van der Waals surface area contributed by atoms with E-state index in [1.807, 2.05) is 0 Å². The Morgan fingerprint density at radius 3 is 2.31 bits per heavy atom. The minimum atomic E-state index is -4.64. The number of rotatable bonds is 3. The molecule has 26 heavy (non-hydrogen) atoms. The number of hydrogen-bond acceptors (Lipinski definition) is 4. The molecule has 1 heterocycles. The van der Waals surface area contributed by atoms with Crippen LogP contribution in [0.25, 0.3) is 0 Å². The molecule has 2 aromatic rings. The second-order valence-electron chi connectivity index (χ2n) is 5.53. The lowest BCUT2D eigenvalue weighted by atomic mass is 10.1. The van der Waals surface area contributed by atoms with Crippen molar-refractivity contribution in [1.82, 2.24) is 0 Å². The summed E-state index contributed by atoms with van der Waals surface area (Å²) in [5.74, 6) is -2.14. The van der Waals surface area contributed by atoms with Gasteiger partial charge in [0.05, 0.1) is 28.3 Å². The minimum absolute atomic E-state index is 0.0237. The van der Waals surface area contributed by atoms with Gasteiger partial charge >= 0.3 is 6.18 Å². The van der Waals surface area contributed by atoms with Crippen LogP contribution in [0.3, 0.4) is 0 Å². The molecule has 0 radical (unpaired) electrons. The van der Waals surface area contributed by atoms with Gasteiger partial charge in [0.15, 0.2) is 0 Å². The Bertz CT molecular complexity index is 1030. The number of carbonyl (C=O) groups is 2. The molecule has 3 rings (SSSR count). The molecule has 0 saturated carbocycles. The summed E-state index contributed by atoms with van der Waals surface area (Å²) < 4.78 is 70.7. The lowest BCUT2D eigenvalue weighted by Crippen LogP contribution is -2.30. The van der Waals surface area contributed by atoms with Crippen LogP contribution in [0.4, 0.5) is 18.9 Å². The third-order valence-electron chi connectivity index (χ3n) is 3.89. The van der Waals surface area contributed by atoms with Crippen LogP contribution in [0.5, 0.6) is 0 Å². The Balaban J connectivity index is 2.05. The van der Waals surface area contributed by atoms with Crippen LogP contribution in [0.2, 0.25) is 0 Å². The quantitative estimate of drug-likeness (QED) is 0.648. The van der Waals surface area contributed by atoms with Crippen LogP contribution >= 0.6 is 0 Å². The smallest absolute Gasteiger partial charge is 0.300 e. The van der Waals surface area contributed by atoms with E-state index in [0.717, 1.165) is 29.2 Å². The monoisotopic (exact) mass is 385 g/mol. The van der Waals surface area contributed by atoms with Gasteiger partial charge in [-0.15, -0.1) is 0 Å². The molecule has 10 heteroatoms. The lowest BCUT2D eigenvalue weighted by molar-refractivity contribution is -0.138. The molecule has 1 aliphatic heterocycles. The highest BCUT2D eigenvalue weighted by Crippen LogP contribution is 2.36. The van der Waals surface area contributed by atoms with E-state index in [1.165, 1.54) is 18.2 Å². The third-order valence-corrected chi connectivity index (χ3v) is 4.74. The van der Waals surface area contributed by atoms with Gasteiger partial charge in [-0.25, -0.2) is 0 Å². The van der Waals surface area contributed by atoms with Crippen molar-refractivity contribution >= 4 is 27.5 Å². The molecule has 0 spiro atoms. The van der Waals surface area contributed by atoms with Crippen molar-refractivity contribution in [3.8, 4) is 0 Å². The number of anilines is 1. The highest BCUT2D eigenvalue weighted by Gasteiger charge is 2.39. The van der Waals surface area contributed by atoms with Gasteiger partial charge < -0.3 is 4.90 Å². The second-order valence-corrected chi connectivity index (χ2v) is 6.95. The van der Waals surface area contributed by atoms with E-state index < -0.39 is 45.0 Å². The molecular formula is C16H10F3NO5S. The number of nitrogens with zero attached hydrogens (tertiary/aromatic N) is 1. The van der Waals surface area contributed by atoms with Gasteiger partial charge in [-0.05, 0) is 29.8 Å². The number of ketones is 1. The number of amides is 1. The summed E-state index contributed by atoms with van der Waals surface area (Å²) in [6, 6.07) is 7.50. The van der Waals surface area contributed by atoms with Gasteiger partial charge in [0.2, 0.25) is 0 Å². The highest BCUT2D eigenvalue weighted by molar-refractivity contribution is 7.85. The Hall–Kier alpha value is -2.72. The topological polar surface area (TPSA) is 91.8 Å². The maximum absolute atomic E-state index is 13.1. The summed E-state index contributed by atoms with van der Waals surface area (Å²) in [5.41, 5.74) is -1.48. The number of hydrogen-bond donors (Lipinski definition) is 1. The Kier molecular flexibility index (Phi) is 4.12. The Morgan fingerprint density at radius 1 is 1.04 bits per heavy atom. The normalized spacial score (nSPS) is 14.7. The molecule has 0 bridgehead atoms. The standard InChI is InChI=1S/C16H10F3NO5S/c17-16(18,19)12-4-2-1-3-9(12)8-20-13-6-5-10(26(23,24)25)7-11(13)14(21)15(20)22/h1-7H,8H2,(H,23,24,25). The number of halogens is 3. The first-order valence-electron chi connectivity index (χ1n) is 7.13. The number of benzene rings is 2. The van der Waals surface area contributed by atoms with Gasteiger partial charge in [0, 0.05) is 0 Å². The Labute approximate surface area is 145 Å². The molecule has 0 atom stereocenters. The van der Waals surface area contributed by atoms with Crippen molar-refractivity contribution in [2.75, 3.05) is 4.90 Å². The summed E-state index contributed by atoms with van der Waals surface area (Å²) in [4.78, 5) is 24.5. The van der Waals surface area contributed by atoms with Crippen LogP contribution in [0.15, 0.2) is 47.4 Å². The fourth-order valence-electron chi connectivity index (χ4n) is 2.70. The van der Waals surface area contributed by atoms with Gasteiger partial charge in [0.25, 0.3) is 21.8 Å². The van der Waals surface area contributed by atoms with Crippen molar-refractivity contribution < 1.29 is 35.7 Å². The molecule has 1 N–H and O–H groups in total. The molecule has 1 aliphatic rings. The summed E-state index contributed by atoms with van der Waals surface area (Å²) in [5, 5.41) is 0.